The molecule has 2 aliphatic heterocycles. The second-order valence-corrected chi connectivity index (χ2v) is 8.43. The third-order valence-corrected chi connectivity index (χ3v) is 7.01. The molecule has 0 bridgehead atoms. The Morgan fingerprint density at radius 1 is 0.917 bits per heavy atom. The molecule has 0 amide bonds. The average Bonchev–Trinajstić information content (AvgIpc) is 3.07. The van der Waals surface area contributed by atoms with Crippen LogP contribution in [0, 0.1) is 0 Å². The standard InChI is InChI=1S/C18H21N3O2S/c22-24(23,18-5-9-19-10-6-18)21-11-7-17(8-12-21)20-13-15-3-1-2-4-16(15)14-20/h1-6,9-10,17H,7-8,11-14H2. The van der Waals surface area contributed by atoms with Crippen molar-refractivity contribution in [1.82, 2.24) is 14.2 Å². The van der Waals surface area contributed by atoms with Gasteiger partial charge in [0, 0.05) is 44.6 Å². The molecule has 1 aromatic heterocycles. The van der Waals surface area contributed by atoms with Gasteiger partial charge in [0.2, 0.25) is 10.0 Å². The highest BCUT2D eigenvalue weighted by atomic mass is 32.2. The van der Waals surface area contributed by atoms with E-state index in [4.69, 9.17) is 0 Å². The maximum atomic E-state index is 12.7. The van der Waals surface area contributed by atoms with Gasteiger partial charge in [-0.15, -0.1) is 0 Å². The van der Waals surface area contributed by atoms with Crippen LogP contribution in [0.5, 0.6) is 0 Å². The molecule has 0 spiro atoms. The molecule has 4 rings (SSSR count). The van der Waals surface area contributed by atoms with Crippen LogP contribution in [-0.4, -0.2) is 41.7 Å². The maximum absolute atomic E-state index is 12.7. The normalized spacial score (nSPS) is 20.2. The monoisotopic (exact) mass is 343 g/mol. The number of nitrogens with zero attached hydrogens (tertiary/aromatic N) is 3. The Morgan fingerprint density at radius 2 is 1.50 bits per heavy atom. The van der Waals surface area contributed by atoms with Gasteiger partial charge >= 0.3 is 0 Å². The molecule has 1 aromatic carbocycles. The Hall–Kier alpha value is -1.76. The predicted molar refractivity (Wildman–Crippen MR) is 91.7 cm³/mol. The van der Waals surface area contributed by atoms with Gasteiger partial charge in [-0.1, -0.05) is 24.3 Å². The zero-order valence-electron chi connectivity index (χ0n) is 13.5. The van der Waals surface area contributed by atoms with E-state index in [1.54, 1.807) is 16.4 Å². The minimum Gasteiger partial charge on any atom is -0.292 e. The summed E-state index contributed by atoms with van der Waals surface area (Å²) in [6, 6.07) is 12.2. The summed E-state index contributed by atoms with van der Waals surface area (Å²) < 4.78 is 27.0. The van der Waals surface area contributed by atoms with E-state index in [-0.39, 0.29) is 0 Å². The minimum atomic E-state index is -3.39. The first-order valence-electron chi connectivity index (χ1n) is 8.35. The van der Waals surface area contributed by atoms with Gasteiger partial charge in [0.15, 0.2) is 0 Å². The Morgan fingerprint density at radius 3 is 2.08 bits per heavy atom. The number of benzene rings is 1. The number of hydrogen-bond acceptors (Lipinski definition) is 4. The number of rotatable bonds is 3. The summed E-state index contributed by atoms with van der Waals surface area (Å²) in [5.41, 5.74) is 2.81. The molecule has 5 nitrogen and oxygen atoms in total. The van der Waals surface area contributed by atoms with E-state index in [2.05, 4.69) is 34.1 Å². The largest absolute Gasteiger partial charge is 0.292 e. The van der Waals surface area contributed by atoms with Crippen molar-refractivity contribution >= 4 is 10.0 Å². The van der Waals surface area contributed by atoms with Gasteiger partial charge in [-0.3, -0.25) is 9.88 Å². The highest BCUT2D eigenvalue weighted by Gasteiger charge is 2.33. The first-order valence-corrected chi connectivity index (χ1v) is 9.79. The third kappa shape index (κ3) is 2.85. The molecule has 0 aliphatic carbocycles. The fourth-order valence-corrected chi connectivity index (χ4v) is 5.18. The lowest BCUT2D eigenvalue weighted by atomic mass is 10.1. The van der Waals surface area contributed by atoms with E-state index in [0.717, 1.165) is 25.9 Å². The van der Waals surface area contributed by atoms with Gasteiger partial charge in [-0.25, -0.2) is 8.42 Å². The molecule has 6 heteroatoms. The summed E-state index contributed by atoms with van der Waals surface area (Å²) in [6.45, 7) is 3.14. The van der Waals surface area contributed by atoms with E-state index >= 15 is 0 Å². The Kier molecular flexibility index (Phi) is 4.12. The summed E-state index contributed by atoms with van der Waals surface area (Å²) in [4.78, 5) is 6.72. The van der Waals surface area contributed by atoms with Crippen molar-refractivity contribution in [3.8, 4) is 0 Å². The molecule has 24 heavy (non-hydrogen) atoms. The van der Waals surface area contributed by atoms with Crippen LogP contribution in [0.4, 0.5) is 0 Å². The van der Waals surface area contributed by atoms with E-state index in [1.165, 1.54) is 23.5 Å². The zero-order valence-corrected chi connectivity index (χ0v) is 14.3. The van der Waals surface area contributed by atoms with Crippen LogP contribution in [0.15, 0.2) is 53.7 Å². The van der Waals surface area contributed by atoms with Crippen LogP contribution in [0.25, 0.3) is 0 Å². The molecule has 0 unspecified atom stereocenters. The van der Waals surface area contributed by atoms with Gasteiger partial charge in [0.25, 0.3) is 0 Å². The lowest BCUT2D eigenvalue weighted by Crippen LogP contribution is -2.45. The summed E-state index contributed by atoms with van der Waals surface area (Å²) in [5, 5.41) is 0. The van der Waals surface area contributed by atoms with Crippen molar-refractivity contribution in [3.05, 3.63) is 59.9 Å². The molecule has 2 aliphatic rings. The van der Waals surface area contributed by atoms with Crippen molar-refractivity contribution < 1.29 is 8.42 Å². The highest BCUT2D eigenvalue weighted by molar-refractivity contribution is 7.89. The minimum absolute atomic E-state index is 0.338. The van der Waals surface area contributed by atoms with Gasteiger partial charge in [0.1, 0.15) is 0 Å². The van der Waals surface area contributed by atoms with Crippen LogP contribution in [0.3, 0.4) is 0 Å². The molecule has 1 fully saturated rings. The molecule has 1 saturated heterocycles. The van der Waals surface area contributed by atoms with Crippen LogP contribution in [-0.2, 0) is 23.1 Å². The van der Waals surface area contributed by atoms with Crippen molar-refractivity contribution in [1.29, 1.82) is 0 Å². The van der Waals surface area contributed by atoms with Crippen molar-refractivity contribution in [2.45, 2.75) is 36.9 Å². The Bertz CT molecular complexity index is 790. The van der Waals surface area contributed by atoms with Crippen molar-refractivity contribution in [2.75, 3.05) is 13.1 Å². The predicted octanol–water partition coefficient (Wildman–Crippen LogP) is 2.25. The van der Waals surface area contributed by atoms with Crippen LogP contribution in [0.2, 0.25) is 0 Å². The molecule has 3 heterocycles. The summed E-state index contributed by atoms with van der Waals surface area (Å²) in [6.07, 6.45) is 4.83. The van der Waals surface area contributed by atoms with Crippen LogP contribution >= 0.6 is 0 Å². The Labute approximate surface area is 143 Å². The first-order chi connectivity index (χ1) is 11.6. The third-order valence-electron chi connectivity index (χ3n) is 5.09. The number of fused-ring (bicyclic) bond motifs is 1. The number of aromatic nitrogens is 1. The van der Waals surface area contributed by atoms with E-state index in [1.807, 2.05) is 0 Å². The number of pyridine rings is 1. The van der Waals surface area contributed by atoms with Crippen LogP contribution < -0.4 is 0 Å². The molecule has 0 atom stereocenters. The smallest absolute Gasteiger partial charge is 0.243 e. The van der Waals surface area contributed by atoms with Gasteiger partial charge < -0.3 is 0 Å². The summed E-state index contributed by atoms with van der Waals surface area (Å²) in [7, 11) is -3.39. The average molecular weight is 343 g/mol. The maximum Gasteiger partial charge on any atom is 0.243 e. The second-order valence-electron chi connectivity index (χ2n) is 6.49. The number of piperidine rings is 1. The van der Waals surface area contributed by atoms with Gasteiger partial charge in [-0.2, -0.15) is 4.31 Å². The molecule has 0 N–H and O–H groups in total. The second kappa shape index (κ2) is 6.27. The molecule has 0 saturated carbocycles. The molecule has 0 radical (unpaired) electrons. The summed E-state index contributed by atoms with van der Waals surface area (Å²) in [5.74, 6) is 0. The number of sulfonamides is 1. The topological polar surface area (TPSA) is 53.5 Å². The fourth-order valence-electron chi connectivity index (χ4n) is 3.72. The van der Waals surface area contributed by atoms with E-state index in [9.17, 15) is 8.42 Å². The highest BCUT2D eigenvalue weighted by Crippen LogP contribution is 2.29. The molecule has 2 aromatic rings. The lowest BCUT2D eigenvalue weighted by molar-refractivity contribution is 0.139. The van der Waals surface area contributed by atoms with E-state index in [0.29, 0.717) is 24.0 Å². The van der Waals surface area contributed by atoms with Gasteiger partial charge in [-0.05, 0) is 36.1 Å². The summed E-state index contributed by atoms with van der Waals surface area (Å²) >= 11 is 0. The van der Waals surface area contributed by atoms with Crippen LogP contribution in [0.1, 0.15) is 24.0 Å². The SMILES string of the molecule is O=S(=O)(c1ccncc1)N1CCC(N2Cc3ccccc3C2)CC1. The zero-order chi connectivity index (χ0) is 16.6. The molecular formula is C18H21N3O2S. The van der Waals surface area contributed by atoms with Crippen molar-refractivity contribution in [3.63, 3.8) is 0 Å². The van der Waals surface area contributed by atoms with Crippen molar-refractivity contribution in [2.24, 2.45) is 0 Å². The number of hydrogen-bond donors (Lipinski definition) is 0. The lowest BCUT2D eigenvalue weighted by Gasteiger charge is -2.36. The Balaban J connectivity index is 1.41. The van der Waals surface area contributed by atoms with Gasteiger partial charge in [0.05, 0.1) is 4.90 Å². The fraction of sp³-hybridized carbons (Fsp3) is 0.389. The quantitative estimate of drug-likeness (QED) is 0.858. The molecule has 126 valence electrons. The molecular weight excluding hydrogens is 322 g/mol. The van der Waals surface area contributed by atoms with E-state index < -0.39 is 10.0 Å². The first kappa shape index (κ1) is 15.7.